The summed E-state index contributed by atoms with van der Waals surface area (Å²) in [5.41, 5.74) is -0.392. The average Bonchev–Trinajstić information content (AvgIpc) is 2.84. The quantitative estimate of drug-likeness (QED) is 0.695. The number of benzene rings is 1. The largest absolute Gasteiger partial charge is 0.419 e. The first-order chi connectivity index (χ1) is 16.2. The number of carbonyl (C=O) groups is 1. The van der Waals surface area contributed by atoms with Gasteiger partial charge in [-0.1, -0.05) is 0 Å². The highest BCUT2D eigenvalue weighted by Gasteiger charge is 2.37. The molecule has 2 amide bonds. The molecule has 0 saturated carbocycles. The van der Waals surface area contributed by atoms with Gasteiger partial charge in [0.25, 0.3) is 0 Å². The lowest BCUT2D eigenvalue weighted by molar-refractivity contribution is -0.137. The molecule has 0 unspecified atom stereocenters. The van der Waals surface area contributed by atoms with Crippen molar-refractivity contribution in [1.82, 2.24) is 14.2 Å². The van der Waals surface area contributed by atoms with Crippen molar-refractivity contribution in [3.05, 3.63) is 48.2 Å². The fraction of sp³-hybridized carbons (Fsp3) is 0.429. The Morgan fingerprint density at radius 3 is 2.24 bits per heavy atom. The lowest BCUT2D eigenvalue weighted by atomic mass is 10.2. The Labute approximate surface area is 195 Å². The molecule has 2 aromatic rings. The molecule has 1 aromatic carbocycles. The Morgan fingerprint density at radius 1 is 0.971 bits per heavy atom. The molecule has 2 aliphatic heterocycles. The summed E-state index contributed by atoms with van der Waals surface area (Å²) in [5.74, 6) is -0.201. The molecule has 0 bridgehead atoms. The maximum Gasteiger partial charge on any atom is 0.419 e. The average molecular weight is 500 g/mol. The minimum Gasteiger partial charge on any atom is -0.378 e. The van der Waals surface area contributed by atoms with E-state index in [1.54, 1.807) is 4.90 Å². The Balaban J connectivity index is 1.39. The maximum absolute atomic E-state index is 13.3. The zero-order valence-electron chi connectivity index (χ0n) is 18.2. The number of alkyl halides is 3. The molecule has 1 N–H and O–H groups in total. The number of aromatic nitrogens is 1. The number of urea groups is 1. The second kappa shape index (κ2) is 9.76. The number of amides is 2. The van der Waals surface area contributed by atoms with Gasteiger partial charge in [-0.05, 0) is 36.4 Å². The molecule has 2 aliphatic rings. The number of nitrogens with zero attached hydrogens (tertiary/aromatic N) is 4. The number of piperazine rings is 1. The van der Waals surface area contributed by atoms with Gasteiger partial charge in [-0.25, -0.2) is 18.2 Å². The fourth-order valence-corrected chi connectivity index (χ4v) is 5.26. The highest BCUT2D eigenvalue weighted by molar-refractivity contribution is 7.89. The monoisotopic (exact) mass is 499 g/mol. The van der Waals surface area contributed by atoms with E-state index in [0.29, 0.717) is 32.0 Å². The van der Waals surface area contributed by atoms with Crippen molar-refractivity contribution >= 4 is 27.6 Å². The zero-order valence-corrected chi connectivity index (χ0v) is 19.0. The molecule has 34 heavy (non-hydrogen) atoms. The van der Waals surface area contributed by atoms with Gasteiger partial charge in [0.05, 0.1) is 23.7 Å². The van der Waals surface area contributed by atoms with Crippen molar-refractivity contribution in [2.24, 2.45) is 0 Å². The van der Waals surface area contributed by atoms with Crippen LogP contribution in [0.5, 0.6) is 0 Å². The summed E-state index contributed by atoms with van der Waals surface area (Å²) in [4.78, 5) is 19.3. The van der Waals surface area contributed by atoms with Crippen molar-refractivity contribution in [1.29, 1.82) is 0 Å². The SMILES string of the molecule is O=C(Nc1ccc(S(=O)(=O)N2CCN(c3ncccc3C(F)(F)F)CC2)cc1)N1CCOCC1. The van der Waals surface area contributed by atoms with Gasteiger partial charge in [0.2, 0.25) is 10.0 Å². The third kappa shape index (κ3) is 5.26. The number of rotatable bonds is 4. The molecule has 0 spiro atoms. The highest BCUT2D eigenvalue weighted by Crippen LogP contribution is 2.35. The van der Waals surface area contributed by atoms with Crippen LogP contribution in [0.15, 0.2) is 47.5 Å². The lowest BCUT2D eigenvalue weighted by Crippen LogP contribution is -2.49. The fourth-order valence-electron chi connectivity index (χ4n) is 3.84. The van der Waals surface area contributed by atoms with Crippen LogP contribution in [0.4, 0.5) is 29.5 Å². The smallest absolute Gasteiger partial charge is 0.378 e. The second-order valence-corrected chi connectivity index (χ2v) is 9.76. The minimum absolute atomic E-state index is 0.0196. The number of pyridine rings is 1. The van der Waals surface area contributed by atoms with Gasteiger partial charge in [0.15, 0.2) is 0 Å². The number of hydrogen-bond acceptors (Lipinski definition) is 6. The first-order valence-corrected chi connectivity index (χ1v) is 12.1. The highest BCUT2D eigenvalue weighted by atomic mass is 32.2. The van der Waals surface area contributed by atoms with E-state index in [1.807, 2.05) is 0 Å². The Morgan fingerprint density at radius 2 is 1.62 bits per heavy atom. The third-order valence-electron chi connectivity index (χ3n) is 5.67. The molecule has 3 heterocycles. The number of carbonyl (C=O) groups excluding carboxylic acids is 1. The van der Waals surface area contributed by atoms with Gasteiger partial charge in [0, 0.05) is 51.2 Å². The Kier molecular flexibility index (Phi) is 6.96. The molecule has 0 aliphatic carbocycles. The molecule has 9 nitrogen and oxygen atoms in total. The molecule has 4 rings (SSSR count). The van der Waals surface area contributed by atoms with E-state index in [1.165, 1.54) is 45.7 Å². The van der Waals surface area contributed by atoms with Crippen molar-refractivity contribution in [3.63, 3.8) is 0 Å². The van der Waals surface area contributed by atoms with Crippen molar-refractivity contribution in [2.45, 2.75) is 11.1 Å². The van der Waals surface area contributed by atoms with Crippen molar-refractivity contribution in [2.75, 3.05) is 62.7 Å². The summed E-state index contributed by atoms with van der Waals surface area (Å²) in [5, 5.41) is 2.73. The van der Waals surface area contributed by atoms with Crippen LogP contribution < -0.4 is 10.2 Å². The Bertz CT molecular complexity index is 1110. The minimum atomic E-state index is -4.55. The molecular weight excluding hydrogens is 475 g/mol. The van der Waals surface area contributed by atoms with E-state index >= 15 is 0 Å². The number of hydrogen-bond donors (Lipinski definition) is 1. The first kappa shape index (κ1) is 24.2. The van der Waals surface area contributed by atoms with Gasteiger partial charge in [-0.3, -0.25) is 0 Å². The van der Waals surface area contributed by atoms with Crippen LogP contribution in [-0.4, -0.2) is 81.1 Å². The summed E-state index contributed by atoms with van der Waals surface area (Å²) in [6, 6.07) is 7.71. The second-order valence-electron chi connectivity index (χ2n) is 7.82. The predicted molar refractivity (Wildman–Crippen MR) is 118 cm³/mol. The van der Waals surface area contributed by atoms with Gasteiger partial charge in [0.1, 0.15) is 5.82 Å². The van der Waals surface area contributed by atoms with Crippen molar-refractivity contribution < 1.29 is 31.1 Å². The van der Waals surface area contributed by atoms with Gasteiger partial charge in [-0.2, -0.15) is 17.5 Å². The van der Waals surface area contributed by atoms with E-state index in [-0.39, 0.29) is 42.9 Å². The van der Waals surface area contributed by atoms with E-state index in [4.69, 9.17) is 4.74 Å². The van der Waals surface area contributed by atoms with Crippen LogP contribution in [0.3, 0.4) is 0 Å². The first-order valence-electron chi connectivity index (χ1n) is 10.7. The number of nitrogens with one attached hydrogen (secondary N) is 1. The molecule has 2 saturated heterocycles. The molecule has 13 heteroatoms. The maximum atomic E-state index is 13.3. The van der Waals surface area contributed by atoms with Crippen LogP contribution in [0.1, 0.15) is 5.56 Å². The van der Waals surface area contributed by atoms with Gasteiger partial charge in [-0.15, -0.1) is 0 Å². The number of sulfonamides is 1. The summed E-state index contributed by atoms with van der Waals surface area (Å²) in [7, 11) is -3.85. The van der Waals surface area contributed by atoms with Crippen LogP contribution in [0, 0.1) is 0 Å². The van der Waals surface area contributed by atoms with Gasteiger partial charge < -0.3 is 19.9 Å². The number of ether oxygens (including phenoxy) is 1. The zero-order chi connectivity index (χ0) is 24.3. The summed E-state index contributed by atoms with van der Waals surface area (Å²) in [6.45, 7) is 2.09. The number of halogens is 3. The van der Waals surface area contributed by atoms with Crippen LogP contribution in [0.2, 0.25) is 0 Å². The van der Waals surface area contributed by atoms with E-state index in [9.17, 15) is 26.4 Å². The molecule has 184 valence electrons. The van der Waals surface area contributed by atoms with Gasteiger partial charge >= 0.3 is 12.2 Å². The summed E-state index contributed by atoms with van der Waals surface area (Å²) < 4.78 is 72.4. The summed E-state index contributed by atoms with van der Waals surface area (Å²) in [6.07, 6.45) is -3.27. The van der Waals surface area contributed by atoms with E-state index in [2.05, 4.69) is 10.3 Å². The predicted octanol–water partition coefficient (Wildman–Crippen LogP) is 2.48. The molecule has 2 fully saturated rings. The molecule has 0 atom stereocenters. The Hall–Kier alpha value is -2.90. The third-order valence-corrected chi connectivity index (χ3v) is 7.58. The number of anilines is 2. The van der Waals surface area contributed by atoms with Crippen LogP contribution in [-0.2, 0) is 20.9 Å². The van der Waals surface area contributed by atoms with Crippen LogP contribution in [0.25, 0.3) is 0 Å². The van der Waals surface area contributed by atoms with Crippen molar-refractivity contribution in [3.8, 4) is 0 Å². The van der Waals surface area contributed by atoms with E-state index < -0.39 is 21.8 Å². The summed E-state index contributed by atoms with van der Waals surface area (Å²) >= 11 is 0. The molecule has 1 aromatic heterocycles. The number of morpholine rings is 1. The van der Waals surface area contributed by atoms with Crippen LogP contribution >= 0.6 is 0 Å². The molecule has 0 radical (unpaired) electrons. The molecular formula is C21H24F3N5O4S. The standard InChI is InChI=1S/C21H24F3N5O4S/c22-21(23,24)18-2-1-7-25-19(18)27-8-10-29(11-9-27)34(31,32)17-5-3-16(4-6-17)26-20(30)28-12-14-33-15-13-28/h1-7H,8-15H2,(H,26,30). The van der Waals surface area contributed by atoms with E-state index in [0.717, 1.165) is 6.07 Å². The lowest BCUT2D eigenvalue weighted by Gasteiger charge is -2.35. The normalized spacial score (nSPS) is 18.1. The topological polar surface area (TPSA) is 95.1 Å².